The third-order valence-electron chi connectivity index (χ3n) is 2.64. The summed E-state index contributed by atoms with van der Waals surface area (Å²) in [5.74, 6) is -0.603. The number of rotatable bonds is 3. The van der Waals surface area contributed by atoms with E-state index in [1.54, 1.807) is 12.1 Å². The Hall–Kier alpha value is -1.74. The van der Waals surface area contributed by atoms with E-state index >= 15 is 0 Å². The lowest BCUT2D eigenvalue weighted by atomic mass is 9.99. The van der Waals surface area contributed by atoms with Gasteiger partial charge < -0.3 is 9.52 Å². The van der Waals surface area contributed by atoms with Crippen LogP contribution in [0.15, 0.2) is 40.8 Å². The molecule has 0 saturated heterocycles. The molecule has 0 aliphatic heterocycles. The number of hydrogen-bond acceptors (Lipinski definition) is 2. The van der Waals surface area contributed by atoms with E-state index < -0.39 is 5.97 Å². The van der Waals surface area contributed by atoms with E-state index in [9.17, 15) is 4.79 Å². The summed E-state index contributed by atoms with van der Waals surface area (Å²) in [6, 6.07) is 10.6. The first-order chi connectivity index (χ1) is 8.09. The summed E-state index contributed by atoms with van der Waals surface area (Å²) in [4.78, 5) is 10.7. The van der Waals surface area contributed by atoms with Crippen LogP contribution in [0.1, 0.15) is 34.7 Å². The highest BCUT2D eigenvalue weighted by molar-refractivity contribution is 6.31. The molecule has 2 aromatic rings. The van der Waals surface area contributed by atoms with Gasteiger partial charge in [-0.3, -0.25) is 0 Å². The lowest BCUT2D eigenvalue weighted by Gasteiger charge is -2.10. The van der Waals surface area contributed by atoms with E-state index in [0.29, 0.717) is 10.8 Å². The van der Waals surface area contributed by atoms with Crippen molar-refractivity contribution in [3.8, 4) is 0 Å². The van der Waals surface area contributed by atoms with E-state index in [-0.39, 0.29) is 11.7 Å². The average Bonchev–Trinajstić information content (AvgIpc) is 2.78. The summed E-state index contributed by atoms with van der Waals surface area (Å²) in [5, 5.41) is 9.43. The molecule has 2 rings (SSSR count). The van der Waals surface area contributed by atoms with Crippen molar-refractivity contribution >= 4 is 17.6 Å². The number of furan rings is 1. The topological polar surface area (TPSA) is 50.4 Å². The van der Waals surface area contributed by atoms with Crippen LogP contribution in [0.25, 0.3) is 0 Å². The SMILES string of the molecule is CC(c1ccc(C(=O)O)o1)c1ccccc1Cl. The van der Waals surface area contributed by atoms with Crippen LogP contribution in [-0.4, -0.2) is 11.1 Å². The number of carboxylic acids is 1. The van der Waals surface area contributed by atoms with Gasteiger partial charge in [0.1, 0.15) is 5.76 Å². The fourth-order valence-electron chi connectivity index (χ4n) is 1.68. The van der Waals surface area contributed by atoms with Crippen molar-refractivity contribution in [3.63, 3.8) is 0 Å². The summed E-state index contributed by atoms with van der Waals surface area (Å²) in [7, 11) is 0. The molecule has 1 atom stereocenters. The minimum absolute atomic E-state index is 0.0566. The second kappa shape index (κ2) is 4.63. The molecule has 3 nitrogen and oxygen atoms in total. The first-order valence-corrected chi connectivity index (χ1v) is 5.55. The Morgan fingerprint density at radius 1 is 1.29 bits per heavy atom. The van der Waals surface area contributed by atoms with E-state index in [2.05, 4.69) is 0 Å². The summed E-state index contributed by atoms with van der Waals surface area (Å²) < 4.78 is 5.26. The zero-order valence-corrected chi connectivity index (χ0v) is 9.94. The van der Waals surface area contributed by atoms with Crippen molar-refractivity contribution in [2.24, 2.45) is 0 Å². The van der Waals surface area contributed by atoms with Gasteiger partial charge in [0.25, 0.3) is 0 Å². The Labute approximate surface area is 104 Å². The number of aromatic carboxylic acids is 1. The largest absolute Gasteiger partial charge is 0.475 e. The summed E-state index contributed by atoms with van der Waals surface area (Å²) in [6.07, 6.45) is 0. The Morgan fingerprint density at radius 2 is 2.00 bits per heavy atom. The summed E-state index contributed by atoms with van der Waals surface area (Å²) >= 11 is 6.08. The molecule has 0 fully saturated rings. The van der Waals surface area contributed by atoms with Crippen LogP contribution in [-0.2, 0) is 0 Å². The normalized spacial score (nSPS) is 12.4. The molecule has 0 aliphatic carbocycles. The van der Waals surface area contributed by atoms with E-state index in [0.717, 1.165) is 5.56 Å². The molecule has 0 radical (unpaired) electrons. The molecule has 1 N–H and O–H groups in total. The molecule has 1 aromatic carbocycles. The molecule has 0 saturated carbocycles. The molecule has 88 valence electrons. The highest BCUT2D eigenvalue weighted by Crippen LogP contribution is 2.30. The first kappa shape index (κ1) is 11.7. The van der Waals surface area contributed by atoms with Gasteiger partial charge in [0.15, 0.2) is 0 Å². The minimum atomic E-state index is -1.07. The van der Waals surface area contributed by atoms with Crippen molar-refractivity contribution < 1.29 is 14.3 Å². The number of carboxylic acid groups (broad SMARTS) is 1. The fourth-order valence-corrected chi connectivity index (χ4v) is 1.98. The third-order valence-corrected chi connectivity index (χ3v) is 2.98. The molecule has 17 heavy (non-hydrogen) atoms. The van der Waals surface area contributed by atoms with Crippen molar-refractivity contribution in [2.45, 2.75) is 12.8 Å². The van der Waals surface area contributed by atoms with Crippen LogP contribution >= 0.6 is 11.6 Å². The first-order valence-electron chi connectivity index (χ1n) is 5.17. The quantitative estimate of drug-likeness (QED) is 0.902. The molecular formula is C13H11ClO3. The molecule has 0 aliphatic rings. The Kier molecular flexibility index (Phi) is 3.20. The molecule has 4 heteroatoms. The number of hydrogen-bond donors (Lipinski definition) is 1. The second-order valence-electron chi connectivity index (χ2n) is 3.75. The van der Waals surface area contributed by atoms with Crippen LogP contribution in [0.2, 0.25) is 5.02 Å². The standard InChI is InChI=1S/C13H11ClO3/c1-8(9-4-2-3-5-10(9)14)11-6-7-12(17-11)13(15)16/h2-8H,1H3,(H,15,16). The summed E-state index contributed by atoms with van der Waals surface area (Å²) in [6.45, 7) is 1.92. The highest BCUT2D eigenvalue weighted by atomic mass is 35.5. The van der Waals surface area contributed by atoms with Crippen molar-refractivity contribution in [3.05, 3.63) is 58.5 Å². The maximum Gasteiger partial charge on any atom is 0.371 e. The van der Waals surface area contributed by atoms with E-state index in [1.807, 2.05) is 25.1 Å². The number of halogens is 1. The van der Waals surface area contributed by atoms with Gasteiger partial charge in [-0.05, 0) is 23.8 Å². The van der Waals surface area contributed by atoms with Crippen LogP contribution in [0.5, 0.6) is 0 Å². The van der Waals surface area contributed by atoms with Gasteiger partial charge in [0.2, 0.25) is 5.76 Å². The molecule has 1 aromatic heterocycles. The van der Waals surface area contributed by atoms with Gasteiger partial charge in [0, 0.05) is 10.9 Å². The third kappa shape index (κ3) is 2.34. The fraction of sp³-hybridized carbons (Fsp3) is 0.154. The van der Waals surface area contributed by atoms with Crippen LogP contribution < -0.4 is 0 Å². The Balaban J connectivity index is 2.34. The number of carbonyl (C=O) groups is 1. The Morgan fingerprint density at radius 3 is 2.59 bits per heavy atom. The Bertz CT molecular complexity index is 545. The zero-order chi connectivity index (χ0) is 12.4. The van der Waals surface area contributed by atoms with Crippen LogP contribution in [0.3, 0.4) is 0 Å². The predicted molar refractivity (Wildman–Crippen MR) is 64.6 cm³/mol. The maximum atomic E-state index is 10.7. The molecule has 0 amide bonds. The average molecular weight is 251 g/mol. The molecule has 0 bridgehead atoms. The van der Waals surface area contributed by atoms with Gasteiger partial charge in [-0.2, -0.15) is 0 Å². The molecular weight excluding hydrogens is 240 g/mol. The van der Waals surface area contributed by atoms with E-state index in [1.165, 1.54) is 6.07 Å². The van der Waals surface area contributed by atoms with Crippen LogP contribution in [0, 0.1) is 0 Å². The lowest BCUT2D eigenvalue weighted by molar-refractivity contribution is 0.0660. The van der Waals surface area contributed by atoms with Crippen LogP contribution in [0.4, 0.5) is 0 Å². The minimum Gasteiger partial charge on any atom is -0.475 e. The highest BCUT2D eigenvalue weighted by Gasteiger charge is 2.17. The van der Waals surface area contributed by atoms with Crippen molar-refractivity contribution in [1.29, 1.82) is 0 Å². The van der Waals surface area contributed by atoms with Crippen molar-refractivity contribution in [1.82, 2.24) is 0 Å². The number of benzene rings is 1. The zero-order valence-electron chi connectivity index (χ0n) is 9.18. The summed E-state index contributed by atoms with van der Waals surface area (Å²) in [5.41, 5.74) is 0.917. The van der Waals surface area contributed by atoms with Gasteiger partial charge >= 0.3 is 5.97 Å². The van der Waals surface area contributed by atoms with Gasteiger partial charge in [-0.1, -0.05) is 36.7 Å². The second-order valence-corrected chi connectivity index (χ2v) is 4.16. The van der Waals surface area contributed by atoms with Crippen molar-refractivity contribution in [2.75, 3.05) is 0 Å². The predicted octanol–water partition coefficient (Wildman–Crippen LogP) is 3.78. The van der Waals surface area contributed by atoms with Gasteiger partial charge in [-0.25, -0.2) is 4.79 Å². The van der Waals surface area contributed by atoms with Gasteiger partial charge in [0.05, 0.1) is 0 Å². The van der Waals surface area contributed by atoms with E-state index in [4.69, 9.17) is 21.1 Å². The van der Waals surface area contributed by atoms with Gasteiger partial charge in [-0.15, -0.1) is 0 Å². The molecule has 1 unspecified atom stereocenters. The monoisotopic (exact) mass is 250 g/mol. The maximum absolute atomic E-state index is 10.7. The lowest BCUT2D eigenvalue weighted by Crippen LogP contribution is -1.96. The molecule has 0 spiro atoms. The smallest absolute Gasteiger partial charge is 0.371 e. The molecule has 1 heterocycles.